The lowest BCUT2D eigenvalue weighted by atomic mass is 10.2. The lowest BCUT2D eigenvalue weighted by molar-refractivity contribution is 0.358. The minimum absolute atomic E-state index is 0.245. The summed E-state index contributed by atoms with van der Waals surface area (Å²) in [4.78, 5) is 0. The Kier molecular flexibility index (Phi) is 4.54. The fourth-order valence-electron chi connectivity index (χ4n) is 2.20. The Morgan fingerprint density at radius 1 is 1.26 bits per heavy atom. The normalized spacial score (nSPS) is 18.7. The van der Waals surface area contributed by atoms with Crippen LogP contribution in [0, 0.1) is 0 Å². The third-order valence-corrected chi connectivity index (χ3v) is 5.39. The minimum Gasteiger partial charge on any atom is -0.320 e. The highest BCUT2D eigenvalue weighted by molar-refractivity contribution is 7.86. The van der Waals surface area contributed by atoms with Crippen LogP contribution in [0.2, 0.25) is 0 Å². The Balaban J connectivity index is 2.07. The number of aromatic nitrogens is 3. The molecule has 0 aromatic carbocycles. The van der Waals surface area contributed by atoms with Crippen LogP contribution < -0.4 is 0 Å². The molecular formula is C11H21N5O2S. The van der Waals surface area contributed by atoms with Crippen LogP contribution in [0.5, 0.6) is 0 Å². The summed E-state index contributed by atoms with van der Waals surface area (Å²) in [5.74, 6) is 0.640. The van der Waals surface area contributed by atoms with E-state index in [1.807, 2.05) is 7.05 Å². The van der Waals surface area contributed by atoms with Crippen molar-refractivity contribution in [1.29, 1.82) is 0 Å². The average molecular weight is 287 g/mol. The molecule has 0 N–H and O–H groups in total. The van der Waals surface area contributed by atoms with Gasteiger partial charge in [0.05, 0.1) is 6.54 Å². The van der Waals surface area contributed by atoms with E-state index in [1.165, 1.54) is 4.31 Å². The quantitative estimate of drug-likeness (QED) is 0.802. The summed E-state index contributed by atoms with van der Waals surface area (Å²) in [5, 5.41) is 7.68. The van der Waals surface area contributed by atoms with E-state index < -0.39 is 10.2 Å². The maximum absolute atomic E-state index is 12.5. The van der Waals surface area contributed by atoms with Crippen LogP contribution in [0.3, 0.4) is 0 Å². The summed E-state index contributed by atoms with van der Waals surface area (Å²) in [5.41, 5.74) is 0. The molecule has 0 radical (unpaired) electrons. The molecule has 0 atom stereocenters. The summed E-state index contributed by atoms with van der Waals surface area (Å²) in [6, 6.07) is 0. The minimum atomic E-state index is -3.39. The Labute approximate surface area is 114 Å². The first kappa shape index (κ1) is 14.4. The van der Waals surface area contributed by atoms with Crippen LogP contribution >= 0.6 is 0 Å². The maximum atomic E-state index is 12.5. The van der Waals surface area contributed by atoms with Crippen molar-refractivity contribution in [2.24, 2.45) is 7.05 Å². The van der Waals surface area contributed by atoms with Gasteiger partial charge in [-0.2, -0.15) is 17.0 Å². The van der Waals surface area contributed by atoms with Crippen LogP contribution in [0.1, 0.15) is 31.5 Å². The van der Waals surface area contributed by atoms with Crippen LogP contribution in [0.4, 0.5) is 0 Å². The van der Waals surface area contributed by atoms with Gasteiger partial charge in [-0.05, 0) is 12.8 Å². The van der Waals surface area contributed by atoms with Crippen LogP contribution in [0.15, 0.2) is 6.33 Å². The molecular weight excluding hydrogens is 266 g/mol. The molecule has 1 aromatic rings. The van der Waals surface area contributed by atoms with Gasteiger partial charge in [-0.15, -0.1) is 10.2 Å². The number of nitrogens with zero attached hydrogens (tertiary/aromatic N) is 5. The van der Waals surface area contributed by atoms with Crippen molar-refractivity contribution >= 4 is 10.2 Å². The monoisotopic (exact) mass is 287 g/mol. The molecule has 1 aliphatic heterocycles. The van der Waals surface area contributed by atoms with Crippen molar-refractivity contribution in [1.82, 2.24) is 23.4 Å². The molecule has 0 spiro atoms. The largest absolute Gasteiger partial charge is 0.320 e. The summed E-state index contributed by atoms with van der Waals surface area (Å²) >= 11 is 0. The lowest BCUT2D eigenvalue weighted by Crippen LogP contribution is -2.42. The zero-order chi connectivity index (χ0) is 13.9. The zero-order valence-corrected chi connectivity index (χ0v) is 12.3. The van der Waals surface area contributed by atoms with Gasteiger partial charge < -0.3 is 4.57 Å². The van der Waals surface area contributed by atoms with E-state index in [2.05, 4.69) is 10.2 Å². The molecule has 7 nitrogen and oxygen atoms in total. The zero-order valence-electron chi connectivity index (χ0n) is 11.5. The number of hydrogen-bond donors (Lipinski definition) is 0. The van der Waals surface area contributed by atoms with E-state index in [1.54, 1.807) is 22.2 Å². The molecule has 0 bridgehead atoms. The van der Waals surface area contributed by atoms with Crippen molar-refractivity contribution in [2.75, 3.05) is 20.1 Å². The number of rotatable bonds is 4. The van der Waals surface area contributed by atoms with Crippen molar-refractivity contribution in [2.45, 2.75) is 32.2 Å². The van der Waals surface area contributed by atoms with Crippen LogP contribution in [-0.4, -0.2) is 51.9 Å². The van der Waals surface area contributed by atoms with Gasteiger partial charge in [0, 0.05) is 27.2 Å². The van der Waals surface area contributed by atoms with E-state index in [0.29, 0.717) is 18.9 Å². The Bertz CT molecular complexity index is 505. The molecule has 1 fully saturated rings. The van der Waals surface area contributed by atoms with Gasteiger partial charge in [0.2, 0.25) is 0 Å². The fraction of sp³-hybridized carbons (Fsp3) is 0.818. The van der Waals surface area contributed by atoms with E-state index >= 15 is 0 Å². The molecule has 19 heavy (non-hydrogen) atoms. The second-order valence-electron chi connectivity index (χ2n) is 4.94. The van der Waals surface area contributed by atoms with E-state index in [-0.39, 0.29) is 6.54 Å². The standard InChI is InChI=1S/C11H21N5O2S/c1-14-10-12-13-11(14)9-15(2)19(17,18)16-7-5-3-4-6-8-16/h10H,3-9H2,1-2H3. The van der Waals surface area contributed by atoms with Gasteiger partial charge in [0.15, 0.2) is 0 Å². The molecule has 8 heteroatoms. The molecule has 0 unspecified atom stereocenters. The summed E-state index contributed by atoms with van der Waals surface area (Å²) < 4.78 is 29.6. The predicted octanol–water partition coefficient (Wildman–Crippen LogP) is 0.368. The Morgan fingerprint density at radius 2 is 1.89 bits per heavy atom. The van der Waals surface area contributed by atoms with Gasteiger partial charge in [0.25, 0.3) is 10.2 Å². The van der Waals surface area contributed by atoms with Crippen molar-refractivity contribution in [3.63, 3.8) is 0 Å². The molecule has 0 saturated carbocycles. The molecule has 2 rings (SSSR count). The molecule has 0 aliphatic carbocycles. The van der Waals surface area contributed by atoms with Gasteiger partial charge in [-0.25, -0.2) is 0 Å². The third kappa shape index (κ3) is 3.31. The highest BCUT2D eigenvalue weighted by Gasteiger charge is 2.28. The number of hydrogen-bond acceptors (Lipinski definition) is 4. The first-order chi connectivity index (χ1) is 9.01. The highest BCUT2D eigenvalue weighted by Crippen LogP contribution is 2.16. The van der Waals surface area contributed by atoms with E-state index in [9.17, 15) is 8.42 Å². The van der Waals surface area contributed by atoms with Gasteiger partial charge >= 0.3 is 0 Å². The second-order valence-corrected chi connectivity index (χ2v) is 6.97. The Morgan fingerprint density at radius 3 is 2.42 bits per heavy atom. The number of aryl methyl sites for hydroxylation is 1. The predicted molar refractivity (Wildman–Crippen MR) is 71.4 cm³/mol. The van der Waals surface area contributed by atoms with Crippen LogP contribution in [0.25, 0.3) is 0 Å². The first-order valence-electron chi connectivity index (χ1n) is 6.56. The SMILES string of the molecule is CN(Cc1nncn1C)S(=O)(=O)N1CCCCCC1. The topological polar surface area (TPSA) is 71.3 Å². The molecule has 1 saturated heterocycles. The molecule has 1 aliphatic rings. The van der Waals surface area contributed by atoms with E-state index in [4.69, 9.17) is 0 Å². The third-order valence-electron chi connectivity index (χ3n) is 3.45. The fourth-order valence-corrected chi connectivity index (χ4v) is 3.59. The summed E-state index contributed by atoms with van der Waals surface area (Å²) in [6.45, 7) is 1.48. The van der Waals surface area contributed by atoms with E-state index in [0.717, 1.165) is 25.7 Å². The molecule has 108 valence electrons. The van der Waals surface area contributed by atoms with Gasteiger partial charge in [0.1, 0.15) is 12.2 Å². The molecule has 1 aromatic heterocycles. The van der Waals surface area contributed by atoms with Crippen molar-refractivity contribution in [3.05, 3.63) is 12.2 Å². The smallest absolute Gasteiger partial charge is 0.282 e. The van der Waals surface area contributed by atoms with Gasteiger partial charge in [-0.1, -0.05) is 12.8 Å². The van der Waals surface area contributed by atoms with Crippen LogP contribution in [-0.2, 0) is 23.8 Å². The maximum Gasteiger partial charge on any atom is 0.282 e. The lowest BCUT2D eigenvalue weighted by Gasteiger charge is -2.25. The second kappa shape index (κ2) is 5.98. The first-order valence-corrected chi connectivity index (χ1v) is 7.96. The summed E-state index contributed by atoms with van der Waals surface area (Å²) in [6.07, 6.45) is 5.67. The average Bonchev–Trinajstić information content (AvgIpc) is 2.64. The molecule has 0 amide bonds. The summed E-state index contributed by atoms with van der Waals surface area (Å²) in [7, 11) is 0.00677. The van der Waals surface area contributed by atoms with Gasteiger partial charge in [-0.3, -0.25) is 0 Å². The van der Waals surface area contributed by atoms with Crippen molar-refractivity contribution < 1.29 is 8.42 Å². The Hall–Kier alpha value is -0.990. The highest BCUT2D eigenvalue weighted by atomic mass is 32.2. The molecule has 2 heterocycles. The van der Waals surface area contributed by atoms with Crippen molar-refractivity contribution in [3.8, 4) is 0 Å².